The molecule has 2 heterocycles. The summed E-state index contributed by atoms with van der Waals surface area (Å²) in [6.45, 7) is 14.8. The van der Waals surface area contributed by atoms with Crippen LogP contribution in [0.25, 0.3) is 55.3 Å². The topological polar surface area (TPSA) is 0 Å². The summed E-state index contributed by atoms with van der Waals surface area (Å²) in [4.78, 5) is 0. The first kappa shape index (κ1) is 25.7. The molecular weight excluding hydrogens is 537 g/mol. The van der Waals surface area contributed by atoms with Crippen molar-refractivity contribution in [3.63, 3.8) is 0 Å². The van der Waals surface area contributed by atoms with Crippen LogP contribution in [0.15, 0.2) is 109 Å². The van der Waals surface area contributed by atoms with Crippen LogP contribution in [0.3, 0.4) is 0 Å². The molecule has 0 nitrogen and oxygen atoms in total. The highest BCUT2D eigenvalue weighted by atomic mass is 28.3. The molecule has 0 saturated carbocycles. The van der Waals surface area contributed by atoms with Gasteiger partial charge >= 0.3 is 0 Å². The van der Waals surface area contributed by atoms with Gasteiger partial charge in [0, 0.05) is 0 Å². The zero-order chi connectivity index (χ0) is 29.0. The van der Waals surface area contributed by atoms with Crippen LogP contribution >= 0.6 is 0 Å². The molecule has 0 amide bonds. The molecule has 0 unspecified atom stereocenters. The molecule has 0 aromatic heterocycles. The molecule has 6 aromatic carbocycles. The summed E-state index contributed by atoms with van der Waals surface area (Å²) in [7, 11) is -4.02. The maximum Gasteiger partial charge on any atom is 0.113 e. The van der Waals surface area contributed by atoms with E-state index < -0.39 is 16.1 Å². The van der Waals surface area contributed by atoms with E-state index in [1.807, 2.05) is 0 Å². The van der Waals surface area contributed by atoms with Crippen LogP contribution in [0.2, 0.25) is 26.2 Å². The first-order valence-corrected chi connectivity index (χ1v) is 21.2. The first-order valence-electron chi connectivity index (χ1n) is 15.2. The highest BCUT2D eigenvalue weighted by Gasteiger charge is 2.49. The van der Waals surface area contributed by atoms with Gasteiger partial charge in [-0.3, -0.25) is 0 Å². The summed E-state index contributed by atoms with van der Waals surface area (Å²) in [6.07, 6.45) is 0. The van der Waals surface area contributed by atoms with Gasteiger partial charge in [0.25, 0.3) is 0 Å². The summed E-state index contributed by atoms with van der Waals surface area (Å²) < 4.78 is 0. The van der Waals surface area contributed by atoms with E-state index in [2.05, 4.69) is 149 Å². The lowest BCUT2D eigenvalue weighted by molar-refractivity contribution is 1.47. The van der Waals surface area contributed by atoms with Crippen molar-refractivity contribution in [2.45, 2.75) is 40.0 Å². The predicted molar refractivity (Wildman–Crippen MR) is 189 cm³/mol. The number of benzene rings is 6. The summed E-state index contributed by atoms with van der Waals surface area (Å²) in [5.41, 5.74) is 13.9. The molecule has 0 spiro atoms. The molecule has 0 bridgehead atoms. The summed E-state index contributed by atoms with van der Waals surface area (Å²) >= 11 is 0. The third-order valence-corrected chi connectivity index (χ3v) is 17.4. The van der Waals surface area contributed by atoms with Crippen molar-refractivity contribution < 1.29 is 0 Å². The van der Waals surface area contributed by atoms with E-state index in [4.69, 9.17) is 0 Å². The minimum atomic E-state index is -2.01. The lowest BCUT2D eigenvalue weighted by atomic mass is 9.91. The van der Waals surface area contributed by atoms with Crippen LogP contribution in [-0.4, -0.2) is 16.1 Å². The Morgan fingerprint density at radius 2 is 0.762 bits per heavy atom. The molecule has 8 rings (SSSR count). The fraction of sp³-hybridized carbons (Fsp3) is 0.150. The molecular formula is C40H36Si2. The molecule has 204 valence electrons. The number of fused-ring (bicyclic) bond motifs is 10. The largest absolute Gasteiger partial charge is 0.113 e. The summed E-state index contributed by atoms with van der Waals surface area (Å²) in [5.74, 6) is 0. The molecule has 0 radical (unpaired) electrons. The van der Waals surface area contributed by atoms with Crippen molar-refractivity contribution in [2.75, 3.05) is 0 Å². The molecule has 42 heavy (non-hydrogen) atoms. The Hall–Kier alpha value is -3.99. The zero-order valence-corrected chi connectivity index (χ0v) is 27.4. The van der Waals surface area contributed by atoms with Gasteiger partial charge in [0.15, 0.2) is 0 Å². The van der Waals surface area contributed by atoms with E-state index in [1.54, 1.807) is 20.7 Å². The molecule has 2 aliphatic heterocycles. The van der Waals surface area contributed by atoms with Crippen molar-refractivity contribution in [3.05, 3.63) is 120 Å². The Kier molecular flexibility index (Phi) is 5.36. The van der Waals surface area contributed by atoms with Crippen LogP contribution in [0, 0.1) is 13.8 Å². The van der Waals surface area contributed by atoms with Crippen molar-refractivity contribution in [1.82, 2.24) is 0 Å². The normalized spacial score (nSPS) is 15.3. The number of aryl methyl sites for hydroxylation is 2. The lowest BCUT2D eigenvalue weighted by Crippen LogP contribution is -2.63. The highest BCUT2D eigenvalue weighted by Crippen LogP contribution is 2.43. The summed E-state index contributed by atoms with van der Waals surface area (Å²) in [5, 5.41) is 9.45. The third kappa shape index (κ3) is 3.46. The molecule has 2 aliphatic rings. The highest BCUT2D eigenvalue weighted by molar-refractivity contribution is 7.13. The molecule has 2 heteroatoms. The monoisotopic (exact) mass is 572 g/mol. The Bertz CT molecular complexity index is 1930. The second-order valence-corrected chi connectivity index (χ2v) is 22.1. The quantitative estimate of drug-likeness (QED) is 0.183. The van der Waals surface area contributed by atoms with E-state index in [0.717, 1.165) is 0 Å². The SMILES string of the molecule is Cc1ccc(-c2ccc3c(c2)[Si](C)(C)c2c4c(c5ccccc5c2-3)-c2ccc(-c3ccc(C)cc3)cc2[Si]4(C)C)cc1. The van der Waals surface area contributed by atoms with Crippen molar-refractivity contribution in [3.8, 4) is 44.5 Å². The fourth-order valence-corrected chi connectivity index (χ4v) is 16.4. The Morgan fingerprint density at radius 1 is 0.405 bits per heavy atom. The van der Waals surface area contributed by atoms with Gasteiger partial charge in [0.05, 0.1) is 0 Å². The smallest absolute Gasteiger partial charge is 0.0616 e. The minimum absolute atomic E-state index is 1.31. The third-order valence-electron chi connectivity index (χ3n) is 10.2. The van der Waals surface area contributed by atoms with Crippen molar-refractivity contribution in [2.24, 2.45) is 0 Å². The van der Waals surface area contributed by atoms with Gasteiger partial charge in [-0.05, 0) is 89.9 Å². The Balaban J connectivity index is 1.40. The van der Waals surface area contributed by atoms with Gasteiger partial charge in [0.2, 0.25) is 0 Å². The molecule has 6 aromatic rings. The lowest BCUT2D eigenvalue weighted by Gasteiger charge is -2.29. The number of rotatable bonds is 2. The average Bonchev–Trinajstić information content (AvgIpc) is 3.37. The van der Waals surface area contributed by atoms with E-state index in [-0.39, 0.29) is 0 Å². The second-order valence-electron chi connectivity index (χ2n) is 13.5. The van der Waals surface area contributed by atoms with E-state index in [9.17, 15) is 0 Å². The van der Waals surface area contributed by atoms with Crippen LogP contribution in [-0.2, 0) is 0 Å². The van der Waals surface area contributed by atoms with Crippen LogP contribution in [0.4, 0.5) is 0 Å². The number of hydrogen-bond donors (Lipinski definition) is 0. The molecule has 0 N–H and O–H groups in total. The zero-order valence-electron chi connectivity index (χ0n) is 25.4. The molecule has 0 saturated heterocycles. The standard InChI is InChI=1S/C40H36Si2/c1-25-11-15-27(16-12-25)29-19-21-33-35(23-29)41(3,4)39-37(33)31-9-7-8-10-32(31)38-34-22-20-30(28-17-13-26(2)14-18-28)24-36(34)42(5,6)40(38)39/h7-24H,1-6H3. The maximum absolute atomic E-state index is 2.61. The molecule has 0 fully saturated rings. The van der Waals surface area contributed by atoms with Gasteiger partial charge in [-0.15, -0.1) is 0 Å². The number of hydrogen-bond acceptors (Lipinski definition) is 0. The first-order chi connectivity index (χ1) is 20.2. The van der Waals surface area contributed by atoms with E-state index >= 15 is 0 Å². The average molecular weight is 573 g/mol. The predicted octanol–water partition coefficient (Wildman–Crippen LogP) is 8.40. The Labute approximate surface area is 251 Å². The fourth-order valence-electron chi connectivity index (χ4n) is 7.93. The van der Waals surface area contributed by atoms with Crippen LogP contribution in [0.5, 0.6) is 0 Å². The Morgan fingerprint density at radius 3 is 1.14 bits per heavy atom. The minimum Gasteiger partial charge on any atom is -0.0616 e. The van der Waals surface area contributed by atoms with Gasteiger partial charge < -0.3 is 0 Å². The van der Waals surface area contributed by atoms with Crippen molar-refractivity contribution >= 4 is 47.7 Å². The van der Waals surface area contributed by atoms with Gasteiger partial charge in [-0.1, -0.05) is 147 Å². The van der Waals surface area contributed by atoms with Crippen LogP contribution < -0.4 is 20.7 Å². The van der Waals surface area contributed by atoms with Gasteiger partial charge in [-0.2, -0.15) is 0 Å². The molecule has 0 aliphatic carbocycles. The van der Waals surface area contributed by atoms with Crippen LogP contribution in [0.1, 0.15) is 11.1 Å². The van der Waals surface area contributed by atoms with Gasteiger partial charge in [-0.25, -0.2) is 0 Å². The van der Waals surface area contributed by atoms with Crippen molar-refractivity contribution in [1.29, 1.82) is 0 Å². The maximum atomic E-state index is 2.61. The van der Waals surface area contributed by atoms with E-state index in [1.165, 1.54) is 66.4 Å². The van der Waals surface area contributed by atoms with Gasteiger partial charge in [0.1, 0.15) is 16.1 Å². The second kappa shape index (κ2) is 8.76. The molecule has 0 atom stereocenters. The van der Waals surface area contributed by atoms with E-state index in [0.29, 0.717) is 0 Å². The summed E-state index contributed by atoms with van der Waals surface area (Å²) in [6, 6.07) is 42.0.